The first-order chi connectivity index (χ1) is 14.8. The molecule has 0 radical (unpaired) electrons. The molecule has 0 unspecified atom stereocenters. The summed E-state index contributed by atoms with van der Waals surface area (Å²) in [6.07, 6.45) is 13.8. The van der Waals surface area contributed by atoms with Gasteiger partial charge in [0.1, 0.15) is 0 Å². The molecule has 0 N–H and O–H groups in total. The van der Waals surface area contributed by atoms with Crippen molar-refractivity contribution in [3.63, 3.8) is 0 Å². The van der Waals surface area contributed by atoms with Crippen LogP contribution in [0.15, 0.2) is 48.5 Å². The van der Waals surface area contributed by atoms with Gasteiger partial charge in [-0.1, -0.05) is 87.1 Å². The molecular formula is C28H36FN. The average molecular weight is 406 g/mol. The van der Waals surface area contributed by atoms with Gasteiger partial charge in [0.15, 0.2) is 0 Å². The van der Waals surface area contributed by atoms with E-state index in [1.54, 1.807) is 0 Å². The van der Waals surface area contributed by atoms with Crippen LogP contribution in [0, 0.1) is 23.2 Å². The molecular weight excluding hydrogens is 369 g/mol. The highest BCUT2D eigenvalue weighted by Gasteiger charge is 2.20. The summed E-state index contributed by atoms with van der Waals surface area (Å²) in [5.41, 5.74) is 5.15. The maximum atomic E-state index is 12.3. The molecule has 0 spiro atoms. The Bertz CT molecular complexity index is 764. The van der Waals surface area contributed by atoms with Crippen LogP contribution >= 0.6 is 0 Å². The summed E-state index contributed by atoms with van der Waals surface area (Å²) in [7, 11) is 0. The van der Waals surface area contributed by atoms with E-state index in [-0.39, 0.29) is 6.67 Å². The molecule has 3 rings (SSSR count). The molecule has 0 aliphatic heterocycles. The second kappa shape index (κ2) is 12.5. The van der Waals surface area contributed by atoms with Gasteiger partial charge in [-0.2, -0.15) is 5.26 Å². The van der Waals surface area contributed by atoms with Crippen LogP contribution in [0.1, 0.15) is 75.3 Å². The van der Waals surface area contributed by atoms with Gasteiger partial charge in [-0.25, -0.2) is 0 Å². The molecule has 1 aliphatic rings. The third-order valence-electron chi connectivity index (χ3n) is 6.80. The number of unbranched alkanes of at least 4 members (excludes halogenated alkanes) is 2. The third kappa shape index (κ3) is 7.28. The summed E-state index contributed by atoms with van der Waals surface area (Å²) >= 11 is 0. The minimum absolute atomic E-state index is 0.242. The van der Waals surface area contributed by atoms with E-state index in [4.69, 9.17) is 5.26 Å². The van der Waals surface area contributed by atoms with Gasteiger partial charge in [0.2, 0.25) is 0 Å². The van der Waals surface area contributed by atoms with Crippen LogP contribution in [0.5, 0.6) is 0 Å². The monoisotopic (exact) mass is 405 g/mol. The first kappa shape index (κ1) is 22.5. The van der Waals surface area contributed by atoms with E-state index >= 15 is 0 Å². The molecule has 1 aliphatic carbocycles. The Kier molecular flexibility index (Phi) is 9.42. The highest BCUT2D eigenvalue weighted by atomic mass is 19.1. The summed E-state index contributed by atoms with van der Waals surface area (Å²) in [6, 6.07) is 19.9. The molecule has 0 atom stereocenters. The lowest BCUT2D eigenvalue weighted by molar-refractivity contribution is 0.249. The lowest BCUT2D eigenvalue weighted by Crippen LogP contribution is -2.15. The molecule has 0 saturated heterocycles. The number of halogens is 1. The summed E-state index contributed by atoms with van der Waals surface area (Å²) in [4.78, 5) is 0. The van der Waals surface area contributed by atoms with Gasteiger partial charge in [0.25, 0.3) is 0 Å². The summed E-state index contributed by atoms with van der Waals surface area (Å²) in [5, 5.41) is 8.64. The van der Waals surface area contributed by atoms with Crippen LogP contribution in [-0.2, 0) is 12.8 Å². The molecule has 0 heterocycles. The minimum atomic E-state index is -0.242. The van der Waals surface area contributed by atoms with E-state index in [0.717, 1.165) is 31.1 Å². The van der Waals surface area contributed by atoms with Gasteiger partial charge in [0.05, 0.1) is 12.7 Å². The van der Waals surface area contributed by atoms with E-state index in [2.05, 4.69) is 54.6 Å². The quantitative estimate of drug-likeness (QED) is 0.347. The average Bonchev–Trinajstić information content (AvgIpc) is 2.81. The molecule has 1 fully saturated rings. The smallest absolute Gasteiger partial charge is 0.0897 e. The van der Waals surface area contributed by atoms with Crippen molar-refractivity contribution in [1.29, 1.82) is 5.26 Å². The topological polar surface area (TPSA) is 23.8 Å². The minimum Gasteiger partial charge on any atom is -0.251 e. The van der Waals surface area contributed by atoms with Crippen molar-refractivity contribution in [2.75, 3.05) is 6.67 Å². The first-order valence-corrected chi connectivity index (χ1v) is 11.9. The van der Waals surface area contributed by atoms with E-state index < -0.39 is 0 Å². The summed E-state index contributed by atoms with van der Waals surface area (Å²) in [6.45, 7) is -0.242. The van der Waals surface area contributed by atoms with E-state index in [9.17, 15) is 4.39 Å². The number of hydrogen-bond acceptors (Lipinski definition) is 1. The predicted molar refractivity (Wildman–Crippen MR) is 124 cm³/mol. The van der Waals surface area contributed by atoms with Gasteiger partial charge in [-0.3, -0.25) is 4.39 Å². The van der Waals surface area contributed by atoms with Gasteiger partial charge in [0, 0.05) is 6.42 Å². The number of nitrogens with zero attached hydrogens (tertiary/aromatic N) is 1. The van der Waals surface area contributed by atoms with Crippen molar-refractivity contribution in [3.8, 4) is 17.2 Å². The van der Waals surface area contributed by atoms with Crippen molar-refractivity contribution in [2.45, 2.75) is 77.0 Å². The van der Waals surface area contributed by atoms with Crippen molar-refractivity contribution in [2.24, 2.45) is 11.8 Å². The van der Waals surface area contributed by atoms with Crippen LogP contribution < -0.4 is 0 Å². The van der Waals surface area contributed by atoms with Crippen LogP contribution in [0.3, 0.4) is 0 Å². The first-order valence-electron chi connectivity index (χ1n) is 11.9. The second-order valence-corrected chi connectivity index (χ2v) is 9.02. The van der Waals surface area contributed by atoms with Gasteiger partial charge < -0.3 is 0 Å². The van der Waals surface area contributed by atoms with Crippen LogP contribution in [0.2, 0.25) is 0 Å². The Morgan fingerprint density at radius 3 is 1.77 bits per heavy atom. The molecule has 0 bridgehead atoms. The van der Waals surface area contributed by atoms with E-state index in [0.29, 0.717) is 6.42 Å². The third-order valence-corrected chi connectivity index (χ3v) is 6.80. The maximum absolute atomic E-state index is 12.3. The highest BCUT2D eigenvalue weighted by molar-refractivity contribution is 5.63. The zero-order valence-corrected chi connectivity index (χ0v) is 18.3. The normalized spacial score (nSPS) is 18.8. The Labute approximate surface area is 182 Å². The van der Waals surface area contributed by atoms with Crippen LogP contribution in [0.25, 0.3) is 11.1 Å². The highest BCUT2D eigenvalue weighted by Crippen LogP contribution is 2.34. The lowest BCUT2D eigenvalue weighted by Gasteiger charge is -2.28. The Morgan fingerprint density at radius 2 is 1.23 bits per heavy atom. The van der Waals surface area contributed by atoms with Crippen molar-refractivity contribution in [3.05, 3.63) is 59.7 Å². The summed E-state index contributed by atoms with van der Waals surface area (Å²) < 4.78 is 12.3. The van der Waals surface area contributed by atoms with Gasteiger partial charge in [-0.05, 0) is 66.2 Å². The number of nitriles is 1. The number of rotatable bonds is 11. The molecule has 160 valence electrons. The lowest BCUT2D eigenvalue weighted by atomic mass is 9.78. The Morgan fingerprint density at radius 1 is 0.700 bits per heavy atom. The van der Waals surface area contributed by atoms with E-state index in [1.165, 1.54) is 73.6 Å². The largest absolute Gasteiger partial charge is 0.251 e. The van der Waals surface area contributed by atoms with Crippen LogP contribution in [-0.4, -0.2) is 6.67 Å². The fourth-order valence-electron chi connectivity index (χ4n) is 4.82. The molecule has 2 aromatic carbocycles. The van der Waals surface area contributed by atoms with Gasteiger partial charge >= 0.3 is 0 Å². The fraction of sp³-hybridized carbons (Fsp3) is 0.536. The Balaban J connectivity index is 1.39. The second-order valence-electron chi connectivity index (χ2n) is 9.02. The molecule has 30 heavy (non-hydrogen) atoms. The van der Waals surface area contributed by atoms with E-state index in [1.807, 2.05) is 0 Å². The SMILES string of the molecule is N#CCCCCC1CCC(CCc2ccc(-c3ccc(CCCF)cc3)cc2)CC1. The zero-order valence-electron chi connectivity index (χ0n) is 18.3. The predicted octanol–water partition coefficient (Wildman–Crippen LogP) is 8.08. The zero-order chi connectivity index (χ0) is 21.0. The fourth-order valence-corrected chi connectivity index (χ4v) is 4.82. The number of alkyl halides is 1. The van der Waals surface area contributed by atoms with Gasteiger partial charge in [-0.15, -0.1) is 0 Å². The van der Waals surface area contributed by atoms with Crippen molar-refractivity contribution in [1.82, 2.24) is 0 Å². The van der Waals surface area contributed by atoms with Crippen molar-refractivity contribution >= 4 is 0 Å². The molecule has 1 nitrogen and oxygen atoms in total. The van der Waals surface area contributed by atoms with Crippen molar-refractivity contribution < 1.29 is 4.39 Å². The summed E-state index contributed by atoms with van der Waals surface area (Å²) in [5.74, 6) is 1.79. The number of benzene rings is 2. The number of aryl methyl sites for hydroxylation is 2. The molecule has 2 aromatic rings. The standard InChI is InChI=1S/C28H36FN/c29-21-4-6-24-13-17-27(18-14-24)28-19-15-26(16-20-28)12-11-25-9-7-23(8-10-25)5-2-1-3-22-30/h13-20,23,25H,1-12,21H2. The molecule has 0 aromatic heterocycles. The molecule has 1 saturated carbocycles. The Hall–Kier alpha value is -2.14. The molecule has 2 heteroatoms. The van der Waals surface area contributed by atoms with Crippen LogP contribution in [0.4, 0.5) is 4.39 Å². The molecule has 0 amide bonds. The maximum Gasteiger partial charge on any atom is 0.0897 e. The number of hydrogen-bond donors (Lipinski definition) is 0.